The van der Waals surface area contributed by atoms with Crippen LogP contribution in [0.25, 0.3) is 27.2 Å². The fourth-order valence-corrected chi connectivity index (χ4v) is 6.09. The molecular formula is C24H16F3N5O8S3. The maximum Gasteiger partial charge on any atom is 0.435 e. The molecule has 0 spiro atoms. The molecule has 0 radical (unpaired) electrons. The van der Waals surface area contributed by atoms with Crippen LogP contribution in [0.2, 0.25) is 0 Å². The average molecular weight is 656 g/mol. The van der Waals surface area contributed by atoms with Crippen molar-refractivity contribution in [2.24, 2.45) is 10.2 Å². The van der Waals surface area contributed by atoms with E-state index in [1.165, 1.54) is 12.5 Å². The summed E-state index contributed by atoms with van der Waals surface area (Å²) in [4.78, 5) is 15.6. The summed E-state index contributed by atoms with van der Waals surface area (Å²) in [6.07, 6.45) is -5.06. The van der Waals surface area contributed by atoms with Gasteiger partial charge in [-0.3, -0.25) is 19.0 Å². The van der Waals surface area contributed by atoms with Crippen molar-refractivity contribution in [3.63, 3.8) is 0 Å². The van der Waals surface area contributed by atoms with Gasteiger partial charge in [-0.2, -0.15) is 39.8 Å². The number of benzene rings is 3. The van der Waals surface area contributed by atoms with E-state index in [1.54, 1.807) is 24.3 Å². The van der Waals surface area contributed by atoms with E-state index in [1.807, 2.05) is 5.10 Å². The zero-order chi connectivity index (χ0) is 31.3. The van der Waals surface area contributed by atoms with Gasteiger partial charge in [0, 0.05) is 16.3 Å². The summed E-state index contributed by atoms with van der Waals surface area (Å²) in [6, 6.07) is 11.3. The highest BCUT2D eigenvalue weighted by molar-refractivity contribution is 7.86. The third-order valence-electron chi connectivity index (χ3n) is 5.93. The number of thiazole rings is 1. The quantitative estimate of drug-likeness (QED) is 0.152. The normalized spacial score (nSPS) is 12.8. The molecule has 2 aromatic heterocycles. The molecule has 0 fully saturated rings. The lowest BCUT2D eigenvalue weighted by Gasteiger charge is -2.07. The number of hydrogen-bond acceptors (Lipinski definition) is 10. The van der Waals surface area contributed by atoms with E-state index in [0.717, 1.165) is 35.6 Å². The van der Waals surface area contributed by atoms with Gasteiger partial charge in [-0.25, -0.2) is 4.98 Å². The SMILES string of the molecule is COc1ccc(-c2csc(-n3[nH]c(C(F)(F)F)c(N=Nc4ccc5c(S(=O)(=O)O)cc(S(=O)(=O)O)cc5c4)c3=O)n2)cc1. The van der Waals surface area contributed by atoms with Gasteiger partial charge in [-0.05, 0) is 53.9 Å². The van der Waals surface area contributed by atoms with Gasteiger partial charge in [0.05, 0.1) is 23.4 Å². The van der Waals surface area contributed by atoms with E-state index < -0.39 is 53.1 Å². The van der Waals surface area contributed by atoms with Crippen molar-refractivity contribution in [2.45, 2.75) is 16.0 Å². The molecule has 0 aliphatic heterocycles. The number of nitrogens with zero attached hydrogens (tertiary/aromatic N) is 4. The summed E-state index contributed by atoms with van der Waals surface area (Å²) in [5.74, 6) is 0.578. The van der Waals surface area contributed by atoms with Gasteiger partial charge in [-0.15, -0.1) is 16.5 Å². The van der Waals surface area contributed by atoms with Crippen LogP contribution in [0, 0.1) is 0 Å². The maximum atomic E-state index is 13.9. The van der Waals surface area contributed by atoms with Gasteiger partial charge in [0.15, 0.2) is 11.4 Å². The predicted molar refractivity (Wildman–Crippen MR) is 147 cm³/mol. The zero-order valence-corrected chi connectivity index (χ0v) is 23.7. The van der Waals surface area contributed by atoms with E-state index in [0.29, 0.717) is 27.8 Å². The van der Waals surface area contributed by atoms with Crippen LogP contribution in [0.5, 0.6) is 5.75 Å². The first-order chi connectivity index (χ1) is 20.1. The lowest BCUT2D eigenvalue weighted by atomic mass is 10.1. The number of halogens is 3. The number of ether oxygens (including phenoxy) is 1. The predicted octanol–water partition coefficient (Wildman–Crippen LogP) is 5.38. The summed E-state index contributed by atoms with van der Waals surface area (Å²) >= 11 is 0.887. The van der Waals surface area contributed by atoms with Crippen LogP contribution >= 0.6 is 11.3 Å². The average Bonchev–Trinajstić information content (AvgIpc) is 3.54. The second kappa shape index (κ2) is 10.7. The number of alkyl halides is 3. The van der Waals surface area contributed by atoms with Crippen molar-refractivity contribution in [1.29, 1.82) is 0 Å². The number of aromatic nitrogens is 3. The van der Waals surface area contributed by atoms with Gasteiger partial charge in [0.1, 0.15) is 10.6 Å². The molecule has 0 saturated heterocycles. The lowest BCUT2D eigenvalue weighted by Crippen LogP contribution is -2.13. The van der Waals surface area contributed by atoms with E-state index in [-0.39, 0.29) is 21.6 Å². The minimum atomic E-state index is -5.06. The van der Waals surface area contributed by atoms with Crippen LogP contribution in [0.1, 0.15) is 5.69 Å². The number of hydrogen-bond donors (Lipinski definition) is 3. The smallest absolute Gasteiger partial charge is 0.435 e. The summed E-state index contributed by atoms with van der Waals surface area (Å²) in [5.41, 5.74) is -3.09. The van der Waals surface area contributed by atoms with Crippen molar-refractivity contribution in [3.8, 4) is 22.1 Å². The fourth-order valence-electron chi connectivity index (χ4n) is 3.94. The van der Waals surface area contributed by atoms with Crippen molar-refractivity contribution in [1.82, 2.24) is 14.8 Å². The molecule has 19 heteroatoms. The van der Waals surface area contributed by atoms with Gasteiger partial charge in [-0.1, -0.05) is 6.07 Å². The van der Waals surface area contributed by atoms with Crippen LogP contribution in [0.3, 0.4) is 0 Å². The number of nitrogens with one attached hydrogen (secondary N) is 1. The standard InChI is InChI=1S/C24H16F3N5O8S3/c1-40-15-5-2-12(3-6-15)18-11-41-23(28-18)32-22(33)20(21(31-32)24(25,26)27)30-29-14-4-7-17-13(8-14)9-16(42(34,35)36)10-19(17)43(37,38)39/h2-11,31H,1H3,(H,34,35,36)(H,37,38,39). The first kappa shape index (κ1) is 30.0. The summed E-state index contributed by atoms with van der Waals surface area (Å²) < 4.78 is 113. The molecule has 3 aromatic carbocycles. The van der Waals surface area contributed by atoms with Crippen LogP contribution in [0.15, 0.2) is 84.8 Å². The second-order valence-corrected chi connectivity index (χ2v) is 12.3. The summed E-state index contributed by atoms with van der Waals surface area (Å²) in [7, 11) is -8.41. The first-order valence-corrected chi connectivity index (χ1v) is 15.3. The Bertz CT molecular complexity index is 2190. The van der Waals surface area contributed by atoms with Gasteiger partial charge < -0.3 is 4.74 Å². The number of methoxy groups -OCH3 is 1. The Hall–Kier alpha value is -4.43. The second-order valence-electron chi connectivity index (χ2n) is 8.69. The zero-order valence-electron chi connectivity index (χ0n) is 21.3. The third-order valence-corrected chi connectivity index (χ3v) is 8.48. The molecule has 0 atom stereocenters. The fraction of sp³-hybridized carbons (Fsp3) is 0.0833. The highest BCUT2D eigenvalue weighted by Crippen LogP contribution is 2.36. The van der Waals surface area contributed by atoms with E-state index in [9.17, 15) is 43.9 Å². The van der Waals surface area contributed by atoms with Crippen molar-refractivity contribution < 1.29 is 43.8 Å². The van der Waals surface area contributed by atoms with E-state index in [4.69, 9.17) is 4.74 Å². The Morgan fingerprint density at radius 3 is 2.28 bits per heavy atom. The van der Waals surface area contributed by atoms with Crippen LogP contribution in [0.4, 0.5) is 24.5 Å². The van der Waals surface area contributed by atoms with Crippen molar-refractivity contribution in [3.05, 3.63) is 76.0 Å². The van der Waals surface area contributed by atoms with Crippen LogP contribution in [-0.4, -0.2) is 47.8 Å². The van der Waals surface area contributed by atoms with Gasteiger partial charge >= 0.3 is 11.7 Å². The highest BCUT2D eigenvalue weighted by atomic mass is 32.2. The van der Waals surface area contributed by atoms with Crippen LogP contribution in [-0.2, 0) is 26.4 Å². The number of fused-ring (bicyclic) bond motifs is 1. The molecule has 43 heavy (non-hydrogen) atoms. The Morgan fingerprint density at radius 2 is 1.67 bits per heavy atom. The molecule has 0 saturated carbocycles. The molecule has 3 N–H and O–H groups in total. The largest absolute Gasteiger partial charge is 0.497 e. The van der Waals surface area contributed by atoms with Crippen molar-refractivity contribution in [2.75, 3.05) is 7.11 Å². The number of H-pyrrole nitrogens is 1. The molecule has 0 aliphatic carbocycles. The third kappa shape index (κ3) is 6.06. The topological polar surface area (TPSA) is 193 Å². The number of rotatable bonds is 7. The van der Waals surface area contributed by atoms with E-state index >= 15 is 0 Å². The highest BCUT2D eigenvalue weighted by Gasteiger charge is 2.39. The minimum Gasteiger partial charge on any atom is -0.497 e. The first-order valence-electron chi connectivity index (χ1n) is 11.5. The van der Waals surface area contributed by atoms with Crippen LogP contribution < -0.4 is 10.3 Å². The molecule has 0 bridgehead atoms. The van der Waals surface area contributed by atoms with Gasteiger partial charge in [0.2, 0.25) is 5.13 Å². The number of azo groups is 1. The molecule has 0 amide bonds. The molecule has 2 heterocycles. The van der Waals surface area contributed by atoms with E-state index in [2.05, 4.69) is 15.2 Å². The molecule has 5 rings (SSSR count). The van der Waals surface area contributed by atoms with Gasteiger partial charge in [0.25, 0.3) is 20.2 Å². The molecule has 5 aromatic rings. The number of aromatic amines is 1. The molecule has 0 aliphatic rings. The lowest BCUT2D eigenvalue weighted by molar-refractivity contribution is -0.140. The Kier molecular flexibility index (Phi) is 7.47. The molecule has 13 nitrogen and oxygen atoms in total. The minimum absolute atomic E-state index is 0.121. The molecule has 224 valence electrons. The monoisotopic (exact) mass is 655 g/mol. The Balaban J connectivity index is 1.57. The molecular weight excluding hydrogens is 639 g/mol. The Morgan fingerprint density at radius 1 is 0.977 bits per heavy atom. The Labute approximate surface area is 243 Å². The van der Waals surface area contributed by atoms with Crippen molar-refractivity contribution >= 4 is 53.7 Å². The summed E-state index contributed by atoms with van der Waals surface area (Å²) in [6.45, 7) is 0. The molecule has 0 unspecified atom stereocenters. The summed E-state index contributed by atoms with van der Waals surface area (Å²) in [5, 5.41) is 10.2. The maximum absolute atomic E-state index is 13.9.